The molecule has 1 fully saturated rings. The van der Waals surface area contributed by atoms with Crippen molar-refractivity contribution in [2.75, 3.05) is 31.5 Å². The Morgan fingerprint density at radius 1 is 0.967 bits per heavy atom. The number of para-hydroxylation sites is 1. The van der Waals surface area contributed by atoms with Crippen LogP contribution in [0.15, 0.2) is 53.4 Å². The molecule has 0 bridgehead atoms. The first kappa shape index (κ1) is 22.1. The van der Waals surface area contributed by atoms with E-state index in [0.717, 1.165) is 11.3 Å². The molecule has 0 aliphatic carbocycles. The predicted molar refractivity (Wildman–Crippen MR) is 116 cm³/mol. The average Bonchev–Trinajstić information content (AvgIpc) is 2.75. The Labute approximate surface area is 177 Å². The summed E-state index contributed by atoms with van der Waals surface area (Å²) in [5.41, 5.74) is 2.25. The van der Waals surface area contributed by atoms with Crippen molar-refractivity contribution in [3.05, 3.63) is 59.7 Å². The van der Waals surface area contributed by atoms with Crippen molar-refractivity contribution in [3.63, 3.8) is 0 Å². The molecule has 0 spiro atoms. The van der Waals surface area contributed by atoms with Crippen LogP contribution in [0.2, 0.25) is 0 Å². The maximum absolute atomic E-state index is 12.9. The van der Waals surface area contributed by atoms with Gasteiger partial charge in [-0.15, -0.1) is 0 Å². The third kappa shape index (κ3) is 4.77. The van der Waals surface area contributed by atoms with Crippen LogP contribution in [-0.2, 0) is 14.8 Å². The molecule has 1 heterocycles. The quantitative estimate of drug-likeness (QED) is 0.713. The minimum atomic E-state index is -3.63. The topological polar surface area (TPSA) is 86.8 Å². The fraction of sp³-hybridized carbons (Fsp3) is 0.364. The number of carbonyl (C=O) groups excluding carboxylic acids is 2. The predicted octanol–water partition coefficient (Wildman–Crippen LogP) is 2.53. The van der Waals surface area contributed by atoms with Gasteiger partial charge in [0.2, 0.25) is 15.9 Å². The summed E-state index contributed by atoms with van der Waals surface area (Å²) in [5, 5.41) is 2.95. The van der Waals surface area contributed by atoms with Crippen LogP contribution in [0.25, 0.3) is 0 Å². The summed E-state index contributed by atoms with van der Waals surface area (Å²) in [4.78, 5) is 26.2. The van der Waals surface area contributed by atoms with E-state index in [0.29, 0.717) is 31.7 Å². The zero-order valence-corrected chi connectivity index (χ0v) is 18.3. The summed E-state index contributed by atoms with van der Waals surface area (Å²) in [7, 11) is -3.63. The van der Waals surface area contributed by atoms with Crippen LogP contribution in [0.5, 0.6) is 0 Å². The van der Waals surface area contributed by atoms with Crippen LogP contribution in [0.1, 0.15) is 29.8 Å². The minimum absolute atomic E-state index is 0.106. The molecule has 0 aromatic heterocycles. The summed E-state index contributed by atoms with van der Waals surface area (Å²) in [6.07, 6.45) is 0. The Balaban J connectivity index is 1.61. The molecule has 7 nitrogen and oxygen atoms in total. The lowest BCUT2D eigenvalue weighted by atomic mass is 10.1. The molecule has 8 heteroatoms. The maximum Gasteiger partial charge on any atom is 0.243 e. The number of piperazine rings is 1. The van der Waals surface area contributed by atoms with Crippen molar-refractivity contribution >= 4 is 27.4 Å². The number of sulfonamides is 1. The molecule has 2 aromatic rings. The van der Waals surface area contributed by atoms with Crippen molar-refractivity contribution < 1.29 is 18.0 Å². The first-order valence-electron chi connectivity index (χ1n) is 9.92. The van der Waals surface area contributed by atoms with Gasteiger partial charge in [0, 0.05) is 37.4 Å². The number of nitrogens with zero attached hydrogens (tertiary/aromatic N) is 2. The molecule has 1 N–H and O–H groups in total. The summed E-state index contributed by atoms with van der Waals surface area (Å²) in [6, 6.07) is 13.2. The third-order valence-corrected chi connectivity index (χ3v) is 7.41. The molecule has 1 aliphatic heterocycles. The number of amides is 1. The van der Waals surface area contributed by atoms with E-state index >= 15 is 0 Å². The van der Waals surface area contributed by atoms with Gasteiger partial charge in [-0.1, -0.05) is 30.3 Å². The zero-order valence-electron chi connectivity index (χ0n) is 17.5. The van der Waals surface area contributed by atoms with Crippen LogP contribution in [-0.4, -0.2) is 61.5 Å². The van der Waals surface area contributed by atoms with Gasteiger partial charge in [0.25, 0.3) is 0 Å². The number of Topliss-reactive ketones (excluding diaryl/α,β-unsaturated/α-hetero) is 1. The van der Waals surface area contributed by atoms with E-state index in [-0.39, 0.29) is 22.6 Å². The van der Waals surface area contributed by atoms with Gasteiger partial charge < -0.3 is 5.32 Å². The molecule has 1 saturated heterocycles. The fourth-order valence-electron chi connectivity index (χ4n) is 3.46. The first-order valence-corrected chi connectivity index (χ1v) is 11.4. The number of carbonyl (C=O) groups is 2. The van der Waals surface area contributed by atoms with E-state index in [9.17, 15) is 18.0 Å². The van der Waals surface area contributed by atoms with Crippen LogP contribution in [0.3, 0.4) is 0 Å². The Morgan fingerprint density at radius 2 is 1.57 bits per heavy atom. The van der Waals surface area contributed by atoms with Gasteiger partial charge in [0.1, 0.15) is 0 Å². The highest BCUT2D eigenvalue weighted by Gasteiger charge is 2.32. The molecule has 0 saturated carbocycles. The molecular formula is C22H27N3O4S. The summed E-state index contributed by atoms with van der Waals surface area (Å²) in [5.74, 6) is -0.217. The number of ketones is 1. The first-order chi connectivity index (χ1) is 14.2. The number of anilines is 1. The smallest absolute Gasteiger partial charge is 0.243 e. The molecule has 1 atom stereocenters. The van der Waals surface area contributed by atoms with E-state index in [1.165, 1.54) is 35.5 Å². The van der Waals surface area contributed by atoms with E-state index in [1.807, 2.05) is 43.0 Å². The number of rotatable bonds is 6. The van der Waals surface area contributed by atoms with E-state index in [4.69, 9.17) is 0 Å². The second kappa shape index (κ2) is 9.07. The normalized spacial score (nSPS) is 16.8. The van der Waals surface area contributed by atoms with E-state index in [2.05, 4.69) is 5.32 Å². The van der Waals surface area contributed by atoms with Gasteiger partial charge in [-0.3, -0.25) is 14.5 Å². The largest absolute Gasteiger partial charge is 0.324 e. The lowest BCUT2D eigenvalue weighted by molar-refractivity contribution is -0.121. The molecule has 1 amide bonds. The van der Waals surface area contributed by atoms with Crippen LogP contribution < -0.4 is 5.32 Å². The average molecular weight is 430 g/mol. The van der Waals surface area contributed by atoms with E-state index in [1.54, 1.807) is 0 Å². The lowest BCUT2D eigenvalue weighted by Crippen LogP contribution is -2.53. The standard InChI is InChI=1S/C22H27N3O4S/c1-16-6-4-5-7-21(16)23-22(27)17(2)24-12-14-25(15-13-24)30(28,29)20-10-8-19(9-11-20)18(3)26/h4-11,17H,12-15H2,1-3H3,(H,23,27). The van der Waals surface area contributed by atoms with Crippen LogP contribution in [0, 0.1) is 6.92 Å². The number of nitrogens with one attached hydrogen (secondary N) is 1. The summed E-state index contributed by atoms with van der Waals surface area (Å²) >= 11 is 0. The Bertz CT molecular complexity index is 1030. The highest BCUT2D eigenvalue weighted by molar-refractivity contribution is 7.89. The second-order valence-electron chi connectivity index (χ2n) is 7.50. The van der Waals surface area contributed by atoms with Crippen LogP contribution >= 0.6 is 0 Å². The molecular weight excluding hydrogens is 402 g/mol. The third-order valence-electron chi connectivity index (χ3n) is 5.50. The maximum atomic E-state index is 12.9. The number of hydrogen-bond acceptors (Lipinski definition) is 5. The Morgan fingerprint density at radius 3 is 2.13 bits per heavy atom. The zero-order chi connectivity index (χ0) is 21.9. The second-order valence-corrected chi connectivity index (χ2v) is 9.44. The minimum Gasteiger partial charge on any atom is -0.324 e. The van der Waals surface area contributed by atoms with Gasteiger partial charge in [-0.2, -0.15) is 4.31 Å². The molecule has 1 unspecified atom stereocenters. The molecule has 3 rings (SSSR count). The molecule has 0 radical (unpaired) electrons. The molecule has 30 heavy (non-hydrogen) atoms. The van der Waals surface area contributed by atoms with Crippen molar-refractivity contribution in [3.8, 4) is 0 Å². The number of hydrogen-bond donors (Lipinski definition) is 1. The Hall–Kier alpha value is -2.55. The van der Waals surface area contributed by atoms with Gasteiger partial charge in [0.05, 0.1) is 10.9 Å². The van der Waals surface area contributed by atoms with Gasteiger partial charge in [-0.25, -0.2) is 8.42 Å². The van der Waals surface area contributed by atoms with Crippen LogP contribution in [0.4, 0.5) is 5.69 Å². The summed E-state index contributed by atoms with van der Waals surface area (Å²) in [6.45, 7) is 6.75. The van der Waals surface area contributed by atoms with Gasteiger partial charge in [0.15, 0.2) is 5.78 Å². The highest BCUT2D eigenvalue weighted by atomic mass is 32.2. The highest BCUT2D eigenvalue weighted by Crippen LogP contribution is 2.20. The van der Waals surface area contributed by atoms with Crippen molar-refractivity contribution in [2.45, 2.75) is 31.7 Å². The molecule has 1 aliphatic rings. The SMILES string of the molecule is CC(=O)c1ccc(S(=O)(=O)N2CCN(C(C)C(=O)Nc3ccccc3C)CC2)cc1. The lowest BCUT2D eigenvalue weighted by Gasteiger charge is -2.36. The van der Waals surface area contributed by atoms with Crippen molar-refractivity contribution in [1.29, 1.82) is 0 Å². The van der Waals surface area contributed by atoms with Crippen molar-refractivity contribution in [1.82, 2.24) is 9.21 Å². The number of benzene rings is 2. The fourth-order valence-corrected chi connectivity index (χ4v) is 4.88. The van der Waals surface area contributed by atoms with E-state index < -0.39 is 10.0 Å². The van der Waals surface area contributed by atoms with Gasteiger partial charge >= 0.3 is 0 Å². The summed E-state index contributed by atoms with van der Waals surface area (Å²) < 4.78 is 27.2. The Kier molecular flexibility index (Phi) is 6.70. The van der Waals surface area contributed by atoms with Gasteiger partial charge in [-0.05, 0) is 44.5 Å². The van der Waals surface area contributed by atoms with Crippen molar-refractivity contribution in [2.24, 2.45) is 0 Å². The number of aryl methyl sites for hydroxylation is 1. The monoisotopic (exact) mass is 429 g/mol. The molecule has 160 valence electrons. The molecule has 2 aromatic carbocycles.